The molecular formula is C16H21N3O. The number of ether oxygens (including phenoxy) is 1. The first kappa shape index (κ1) is 14.5. The predicted molar refractivity (Wildman–Crippen MR) is 80.5 cm³/mol. The van der Waals surface area contributed by atoms with Crippen molar-refractivity contribution in [2.45, 2.75) is 25.8 Å². The van der Waals surface area contributed by atoms with Crippen LogP contribution in [0.15, 0.2) is 42.6 Å². The number of hydrogen-bond donors (Lipinski definition) is 2. The molecule has 20 heavy (non-hydrogen) atoms. The first-order valence-electron chi connectivity index (χ1n) is 6.72. The van der Waals surface area contributed by atoms with E-state index in [1.54, 1.807) is 7.11 Å². The van der Waals surface area contributed by atoms with Gasteiger partial charge in [0.25, 0.3) is 0 Å². The second-order valence-electron chi connectivity index (χ2n) is 4.97. The van der Waals surface area contributed by atoms with Gasteiger partial charge in [-0.25, -0.2) is 4.98 Å². The molecule has 1 heterocycles. The van der Waals surface area contributed by atoms with Gasteiger partial charge in [0.05, 0.1) is 7.11 Å². The van der Waals surface area contributed by atoms with Crippen LogP contribution in [0.5, 0.6) is 5.88 Å². The van der Waals surface area contributed by atoms with Crippen molar-refractivity contribution in [3.05, 3.63) is 59.3 Å². The van der Waals surface area contributed by atoms with Crippen LogP contribution in [0.25, 0.3) is 0 Å². The van der Waals surface area contributed by atoms with Gasteiger partial charge in [-0.2, -0.15) is 0 Å². The summed E-state index contributed by atoms with van der Waals surface area (Å²) in [5.41, 5.74) is 6.57. The minimum atomic E-state index is 0.188. The molecule has 3 N–H and O–H groups in total. The fourth-order valence-electron chi connectivity index (χ4n) is 2.14. The topological polar surface area (TPSA) is 60.2 Å². The maximum absolute atomic E-state index is 5.66. The Morgan fingerprint density at radius 1 is 1.10 bits per heavy atom. The minimum Gasteiger partial charge on any atom is -0.481 e. The number of nitrogens with zero attached hydrogens (tertiary/aromatic N) is 1. The normalized spacial score (nSPS) is 12.2. The highest BCUT2D eigenvalue weighted by Gasteiger charge is 2.09. The van der Waals surface area contributed by atoms with Gasteiger partial charge < -0.3 is 4.74 Å². The number of hydrogen-bond acceptors (Lipinski definition) is 4. The van der Waals surface area contributed by atoms with Crippen LogP contribution in [-0.4, -0.2) is 18.1 Å². The van der Waals surface area contributed by atoms with Crippen LogP contribution in [-0.2, 0) is 12.8 Å². The lowest BCUT2D eigenvalue weighted by molar-refractivity contribution is 0.397. The lowest BCUT2D eigenvalue weighted by Crippen LogP contribution is -2.38. The molecule has 4 nitrogen and oxygen atoms in total. The summed E-state index contributed by atoms with van der Waals surface area (Å²) >= 11 is 0. The van der Waals surface area contributed by atoms with Crippen LogP contribution >= 0.6 is 0 Å². The smallest absolute Gasteiger partial charge is 0.212 e. The first-order valence-corrected chi connectivity index (χ1v) is 6.72. The Balaban J connectivity index is 1.99. The Hall–Kier alpha value is -1.91. The highest BCUT2D eigenvalue weighted by Crippen LogP contribution is 2.12. The summed E-state index contributed by atoms with van der Waals surface area (Å²) in [6.45, 7) is 2.09. The molecule has 0 amide bonds. The van der Waals surface area contributed by atoms with Crippen LogP contribution in [0.3, 0.4) is 0 Å². The first-order chi connectivity index (χ1) is 9.71. The van der Waals surface area contributed by atoms with Gasteiger partial charge in [0.15, 0.2) is 0 Å². The SMILES string of the molecule is COc1ccc(CC(Cc2ccc(C)cc2)NN)cn1. The second kappa shape index (κ2) is 7.03. The monoisotopic (exact) mass is 271 g/mol. The third kappa shape index (κ3) is 4.05. The van der Waals surface area contributed by atoms with Gasteiger partial charge in [-0.1, -0.05) is 35.9 Å². The largest absolute Gasteiger partial charge is 0.481 e. The van der Waals surface area contributed by atoms with Crippen molar-refractivity contribution in [1.29, 1.82) is 0 Å². The average molecular weight is 271 g/mol. The van der Waals surface area contributed by atoms with E-state index in [4.69, 9.17) is 10.6 Å². The molecule has 0 saturated heterocycles. The Kier molecular flexibility index (Phi) is 5.09. The van der Waals surface area contributed by atoms with Crippen LogP contribution in [0.2, 0.25) is 0 Å². The van der Waals surface area contributed by atoms with Gasteiger partial charge >= 0.3 is 0 Å². The standard InChI is InChI=1S/C16H21N3O/c1-12-3-5-13(6-4-12)9-15(19-17)10-14-7-8-16(20-2)18-11-14/h3-8,11,15,19H,9-10,17H2,1-2H3. The highest BCUT2D eigenvalue weighted by atomic mass is 16.5. The van der Waals surface area contributed by atoms with E-state index in [2.05, 4.69) is 41.6 Å². The molecule has 0 aliphatic rings. The zero-order valence-corrected chi connectivity index (χ0v) is 12.0. The van der Waals surface area contributed by atoms with E-state index < -0.39 is 0 Å². The Labute approximate surface area is 120 Å². The third-order valence-corrected chi connectivity index (χ3v) is 3.33. The summed E-state index contributed by atoms with van der Waals surface area (Å²) in [4.78, 5) is 4.21. The average Bonchev–Trinajstić information content (AvgIpc) is 2.49. The number of aromatic nitrogens is 1. The molecule has 4 heteroatoms. The number of nitrogens with one attached hydrogen (secondary N) is 1. The number of hydrazine groups is 1. The van der Waals surface area contributed by atoms with Gasteiger partial charge in [0.1, 0.15) is 0 Å². The molecule has 2 aromatic rings. The molecule has 0 spiro atoms. The molecule has 1 unspecified atom stereocenters. The molecule has 106 valence electrons. The van der Waals surface area contributed by atoms with Crippen molar-refractivity contribution in [2.24, 2.45) is 5.84 Å². The molecule has 0 saturated carbocycles. The predicted octanol–water partition coefficient (Wildman–Crippen LogP) is 2.02. The van der Waals surface area contributed by atoms with E-state index in [1.807, 2.05) is 18.3 Å². The van der Waals surface area contributed by atoms with Gasteiger partial charge in [-0.3, -0.25) is 11.3 Å². The minimum absolute atomic E-state index is 0.188. The van der Waals surface area contributed by atoms with E-state index >= 15 is 0 Å². The Bertz CT molecular complexity index is 522. The van der Waals surface area contributed by atoms with Gasteiger partial charge in [0.2, 0.25) is 5.88 Å². The molecule has 0 bridgehead atoms. The van der Waals surface area contributed by atoms with Crippen molar-refractivity contribution < 1.29 is 4.74 Å². The number of pyridine rings is 1. The third-order valence-electron chi connectivity index (χ3n) is 3.33. The zero-order valence-electron chi connectivity index (χ0n) is 12.0. The second-order valence-corrected chi connectivity index (χ2v) is 4.97. The van der Waals surface area contributed by atoms with Crippen molar-refractivity contribution in [3.63, 3.8) is 0 Å². The van der Waals surface area contributed by atoms with E-state index in [0.717, 1.165) is 18.4 Å². The number of nitrogens with two attached hydrogens (primary N) is 1. The van der Waals surface area contributed by atoms with E-state index in [0.29, 0.717) is 5.88 Å². The fraction of sp³-hybridized carbons (Fsp3) is 0.312. The lowest BCUT2D eigenvalue weighted by Gasteiger charge is -2.16. The molecule has 1 aromatic carbocycles. The highest BCUT2D eigenvalue weighted by molar-refractivity contribution is 5.23. The number of rotatable bonds is 6. The quantitative estimate of drug-likeness (QED) is 0.623. The maximum Gasteiger partial charge on any atom is 0.212 e. The molecule has 1 atom stereocenters. The van der Waals surface area contributed by atoms with Crippen LogP contribution in [0.4, 0.5) is 0 Å². The summed E-state index contributed by atoms with van der Waals surface area (Å²) in [7, 11) is 1.61. The summed E-state index contributed by atoms with van der Waals surface area (Å²) in [6.07, 6.45) is 3.56. The molecule has 0 aliphatic heterocycles. The number of benzene rings is 1. The van der Waals surface area contributed by atoms with Gasteiger partial charge in [-0.05, 0) is 30.9 Å². The maximum atomic E-state index is 5.66. The van der Waals surface area contributed by atoms with Crippen molar-refractivity contribution in [3.8, 4) is 5.88 Å². The summed E-state index contributed by atoms with van der Waals surface area (Å²) in [6, 6.07) is 12.6. The molecule has 1 aromatic heterocycles. The molecule has 0 radical (unpaired) electrons. The van der Waals surface area contributed by atoms with Gasteiger partial charge in [0, 0.05) is 18.3 Å². The molecule has 0 aliphatic carbocycles. The van der Waals surface area contributed by atoms with Crippen LogP contribution < -0.4 is 16.0 Å². The molecule has 0 fully saturated rings. The van der Waals surface area contributed by atoms with E-state index in [1.165, 1.54) is 11.1 Å². The van der Waals surface area contributed by atoms with Crippen molar-refractivity contribution >= 4 is 0 Å². The number of aryl methyl sites for hydroxylation is 1. The lowest BCUT2D eigenvalue weighted by atomic mass is 10.00. The summed E-state index contributed by atoms with van der Waals surface area (Å²) in [5, 5.41) is 0. The van der Waals surface area contributed by atoms with E-state index in [9.17, 15) is 0 Å². The summed E-state index contributed by atoms with van der Waals surface area (Å²) in [5.74, 6) is 6.29. The zero-order chi connectivity index (χ0) is 14.4. The number of methoxy groups -OCH3 is 1. The van der Waals surface area contributed by atoms with Crippen molar-refractivity contribution in [1.82, 2.24) is 10.4 Å². The van der Waals surface area contributed by atoms with E-state index in [-0.39, 0.29) is 6.04 Å². The Morgan fingerprint density at radius 3 is 2.30 bits per heavy atom. The van der Waals surface area contributed by atoms with Crippen molar-refractivity contribution in [2.75, 3.05) is 7.11 Å². The molecular weight excluding hydrogens is 250 g/mol. The Morgan fingerprint density at radius 2 is 1.75 bits per heavy atom. The van der Waals surface area contributed by atoms with Gasteiger partial charge in [-0.15, -0.1) is 0 Å². The molecule has 2 rings (SSSR count). The van der Waals surface area contributed by atoms with Crippen LogP contribution in [0, 0.1) is 6.92 Å². The van der Waals surface area contributed by atoms with Crippen LogP contribution in [0.1, 0.15) is 16.7 Å². The fourth-order valence-corrected chi connectivity index (χ4v) is 2.14. The summed E-state index contributed by atoms with van der Waals surface area (Å²) < 4.78 is 5.06.